The number of nitrogens with one attached hydrogen (secondary N) is 1. The van der Waals surface area contributed by atoms with Gasteiger partial charge in [0.05, 0.1) is 0 Å². The second-order valence-corrected chi connectivity index (χ2v) is 4.50. The maximum Gasteiger partial charge on any atom is 0.235 e. The van der Waals surface area contributed by atoms with Gasteiger partial charge in [0.15, 0.2) is 0 Å². The first kappa shape index (κ1) is 10.6. The van der Waals surface area contributed by atoms with Crippen molar-refractivity contribution in [3.8, 4) is 0 Å². The Morgan fingerprint density at radius 2 is 1.82 bits per heavy atom. The van der Waals surface area contributed by atoms with Gasteiger partial charge in [-0.25, -0.2) is 0 Å². The number of hydrogen-bond acceptors (Lipinski definition) is 1. The molecule has 1 nitrogen and oxygen atoms in total. The van der Waals surface area contributed by atoms with Crippen molar-refractivity contribution >= 4 is 7.41 Å². The highest BCUT2D eigenvalue weighted by molar-refractivity contribution is 6.34. The fraction of sp³-hybridized carbons (Fsp3) is 0.778. The SMILES string of the molecule is C=C(NBC(C)C)C(C)(C)C. The summed E-state index contributed by atoms with van der Waals surface area (Å²) in [7, 11) is 1.02. The first-order valence-corrected chi connectivity index (χ1v) is 4.27. The van der Waals surface area contributed by atoms with Crippen LogP contribution in [0, 0.1) is 5.41 Å². The van der Waals surface area contributed by atoms with Gasteiger partial charge in [-0.2, -0.15) is 0 Å². The van der Waals surface area contributed by atoms with Gasteiger partial charge >= 0.3 is 0 Å². The summed E-state index contributed by atoms with van der Waals surface area (Å²) < 4.78 is 0. The lowest BCUT2D eigenvalue weighted by Gasteiger charge is -2.23. The number of allylic oxidation sites excluding steroid dienone is 1. The lowest BCUT2D eigenvalue weighted by Crippen LogP contribution is -2.27. The minimum atomic E-state index is 0.189. The normalized spacial score (nSPS) is 11.5. The Morgan fingerprint density at radius 3 is 2.09 bits per heavy atom. The first-order chi connectivity index (χ1) is 4.84. The first-order valence-electron chi connectivity index (χ1n) is 4.27. The fourth-order valence-corrected chi connectivity index (χ4v) is 0.592. The van der Waals surface area contributed by atoms with E-state index in [1.807, 2.05) is 0 Å². The van der Waals surface area contributed by atoms with Crippen molar-refractivity contribution in [3.63, 3.8) is 0 Å². The van der Waals surface area contributed by atoms with Crippen LogP contribution in [0.4, 0.5) is 0 Å². The highest BCUT2D eigenvalue weighted by Crippen LogP contribution is 2.20. The molecule has 0 aliphatic carbocycles. The molecule has 0 fully saturated rings. The lowest BCUT2D eigenvalue weighted by atomic mass is 9.76. The molecule has 0 aromatic carbocycles. The molecule has 0 radical (unpaired) electrons. The van der Waals surface area contributed by atoms with Gasteiger partial charge in [-0.15, -0.1) is 0 Å². The topological polar surface area (TPSA) is 12.0 Å². The molecule has 0 aromatic rings. The summed E-state index contributed by atoms with van der Waals surface area (Å²) in [6.45, 7) is 14.9. The Balaban J connectivity index is 3.71. The van der Waals surface area contributed by atoms with Crippen molar-refractivity contribution in [2.75, 3.05) is 0 Å². The molecule has 0 aliphatic rings. The Labute approximate surface area is 71.5 Å². The molecule has 64 valence electrons. The van der Waals surface area contributed by atoms with Crippen LogP contribution in [-0.4, -0.2) is 7.41 Å². The summed E-state index contributed by atoms with van der Waals surface area (Å²) in [6, 6.07) is 0. The largest absolute Gasteiger partial charge is 0.434 e. The summed E-state index contributed by atoms with van der Waals surface area (Å²) in [5, 5.41) is 3.33. The summed E-state index contributed by atoms with van der Waals surface area (Å²) in [5.74, 6) is 0.689. The van der Waals surface area contributed by atoms with Gasteiger partial charge in [0, 0.05) is 0 Å². The van der Waals surface area contributed by atoms with Crippen molar-refractivity contribution in [2.24, 2.45) is 5.41 Å². The highest BCUT2D eigenvalue weighted by atomic mass is 14.8. The minimum Gasteiger partial charge on any atom is -0.434 e. The minimum absolute atomic E-state index is 0.189. The maximum absolute atomic E-state index is 3.99. The van der Waals surface area contributed by atoms with Gasteiger partial charge in [-0.3, -0.25) is 0 Å². The molecule has 0 bridgehead atoms. The van der Waals surface area contributed by atoms with Gasteiger partial charge in [-0.05, 0) is 11.1 Å². The standard InChI is InChI=1S/C9H20BN/c1-7(2)10-11-8(3)9(4,5)6/h7,10-11H,3H2,1-2,4-6H3. The summed E-state index contributed by atoms with van der Waals surface area (Å²) in [4.78, 5) is 0. The second kappa shape index (κ2) is 3.84. The smallest absolute Gasteiger partial charge is 0.235 e. The van der Waals surface area contributed by atoms with Crippen LogP contribution < -0.4 is 5.23 Å². The van der Waals surface area contributed by atoms with Crippen LogP contribution in [-0.2, 0) is 0 Å². The Kier molecular flexibility index (Phi) is 3.70. The van der Waals surface area contributed by atoms with E-state index < -0.39 is 0 Å². The molecule has 1 N–H and O–H groups in total. The van der Waals surface area contributed by atoms with Crippen LogP contribution in [0.3, 0.4) is 0 Å². The summed E-state index contributed by atoms with van der Waals surface area (Å²) >= 11 is 0. The Hall–Kier alpha value is -0.395. The summed E-state index contributed by atoms with van der Waals surface area (Å²) in [5.41, 5.74) is 1.32. The molecule has 0 heterocycles. The molecule has 0 aliphatic heterocycles. The van der Waals surface area contributed by atoms with Crippen molar-refractivity contribution in [3.05, 3.63) is 12.3 Å². The van der Waals surface area contributed by atoms with Crippen molar-refractivity contribution in [1.82, 2.24) is 5.23 Å². The quantitative estimate of drug-likeness (QED) is 0.613. The van der Waals surface area contributed by atoms with E-state index in [0.29, 0.717) is 5.82 Å². The van der Waals surface area contributed by atoms with Crippen LogP contribution in [0.2, 0.25) is 5.82 Å². The Bertz CT molecular complexity index is 133. The average molecular weight is 153 g/mol. The molecule has 0 saturated carbocycles. The van der Waals surface area contributed by atoms with Gasteiger partial charge < -0.3 is 5.23 Å². The third-order valence-corrected chi connectivity index (χ3v) is 1.63. The molecule has 0 atom stereocenters. The molecule has 0 rings (SSSR count). The van der Waals surface area contributed by atoms with Gasteiger partial charge in [0.2, 0.25) is 7.41 Å². The van der Waals surface area contributed by atoms with Crippen LogP contribution >= 0.6 is 0 Å². The number of rotatable bonds is 3. The zero-order chi connectivity index (χ0) is 9.07. The molecule has 0 amide bonds. The summed E-state index contributed by atoms with van der Waals surface area (Å²) in [6.07, 6.45) is 0. The van der Waals surface area contributed by atoms with E-state index in [4.69, 9.17) is 0 Å². The molecular weight excluding hydrogens is 133 g/mol. The molecule has 2 heteroatoms. The molecule has 0 aromatic heterocycles. The average Bonchev–Trinajstić information content (AvgIpc) is 1.80. The predicted octanol–water partition coefficient (Wildman–Crippen LogP) is 2.32. The van der Waals surface area contributed by atoms with Crippen LogP contribution in [0.5, 0.6) is 0 Å². The van der Waals surface area contributed by atoms with E-state index in [0.717, 1.165) is 13.1 Å². The van der Waals surface area contributed by atoms with E-state index in [9.17, 15) is 0 Å². The van der Waals surface area contributed by atoms with Crippen LogP contribution in [0.15, 0.2) is 12.3 Å². The molecule has 0 unspecified atom stereocenters. The maximum atomic E-state index is 3.99. The van der Waals surface area contributed by atoms with Crippen molar-refractivity contribution < 1.29 is 0 Å². The van der Waals surface area contributed by atoms with Crippen LogP contribution in [0.25, 0.3) is 0 Å². The van der Waals surface area contributed by atoms with Crippen LogP contribution in [0.1, 0.15) is 34.6 Å². The third kappa shape index (κ3) is 4.94. The zero-order valence-corrected chi connectivity index (χ0v) is 8.49. The molecular formula is C9H20BN. The second-order valence-electron chi connectivity index (χ2n) is 4.50. The van der Waals surface area contributed by atoms with E-state index >= 15 is 0 Å². The molecule has 0 spiro atoms. The van der Waals surface area contributed by atoms with Crippen molar-refractivity contribution in [1.29, 1.82) is 0 Å². The van der Waals surface area contributed by atoms with E-state index in [2.05, 4.69) is 46.4 Å². The monoisotopic (exact) mass is 153 g/mol. The molecule has 0 saturated heterocycles. The predicted molar refractivity (Wildman–Crippen MR) is 54.0 cm³/mol. The zero-order valence-electron chi connectivity index (χ0n) is 8.49. The van der Waals surface area contributed by atoms with Gasteiger partial charge in [0.1, 0.15) is 0 Å². The van der Waals surface area contributed by atoms with Gasteiger partial charge in [0.25, 0.3) is 0 Å². The lowest BCUT2D eigenvalue weighted by molar-refractivity contribution is 0.487. The third-order valence-electron chi connectivity index (χ3n) is 1.63. The van der Waals surface area contributed by atoms with Crippen molar-refractivity contribution in [2.45, 2.75) is 40.4 Å². The van der Waals surface area contributed by atoms with E-state index in [-0.39, 0.29) is 5.41 Å². The van der Waals surface area contributed by atoms with E-state index in [1.165, 1.54) is 0 Å². The van der Waals surface area contributed by atoms with E-state index in [1.54, 1.807) is 0 Å². The Morgan fingerprint density at radius 1 is 1.36 bits per heavy atom. The molecule has 11 heavy (non-hydrogen) atoms. The van der Waals surface area contributed by atoms with Gasteiger partial charge in [-0.1, -0.05) is 47.0 Å². The highest BCUT2D eigenvalue weighted by Gasteiger charge is 2.14. The number of hydrogen-bond donors (Lipinski definition) is 1. The fourth-order valence-electron chi connectivity index (χ4n) is 0.592.